The van der Waals surface area contributed by atoms with E-state index in [1.54, 1.807) is 0 Å². The standard InChI is InChI=1S/C28H54O/c1-5-9-11-13-15-17-19-21-23-25-27(7-3)29-28(8-4)26-24-22-20-18-16-14-12-10-6-2/h7-8H,5-6,9-26H2,1-4H3. The lowest BCUT2D eigenvalue weighted by Crippen LogP contribution is -1.95. The van der Waals surface area contributed by atoms with Crippen molar-refractivity contribution in [2.75, 3.05) is 0 Å². The lowest BCUT2D eigenvalue weighted by molar-refractivity contribution is 0.269. The molecule has 0 amide bonds. The molecule has 172 valence electrons. The summed E-state index contributed by atoms with van der Waals surface area (Å²) in [5, 5.41) is 0. The van der Waals surface area contributed by atoms with E-state index >= 15 is 0 Å². The molecular formula is C28H54O. The van der Waals surface area contributed by atoms with Crippen molar-refractivity contribution in [2.24, 2.45) is 0 Å². The number of allylic oxidation sites excluding steroid dienone is 4. The van der Waals surface area contributed by atoms with Gasteiger partial charge in [0.05, 0.1) is 11.5 Å². The van der Waals surface area contributed by atoms with Gasteiger partial charge in [0.15, 0.2) is 0 Å². The van der Waals surface area contributed by atoms with Crippen molar-refractivity contribution in [3.63, 3.8) is 0 Å². The van der Waals surface area contributed by atoms with Gasteiger partial charge >= 0.3 is 0 Å². The molecule has 1 heteroatoms. The van der Waals surface area contributed by atoms with Gasteiger partial charge in [0.1, 0.15) is 0 Å². The number of ether oxygens (including phenoxy) is 1. The van der Waals surface area contributed by atoms with Gasteiger partial charge in [-0.05, 0) is 38.8 Å². The Morgan fingerprint density at radius 1 is 0.448 bits per heavy atom. The van der Waals surface area contributed by atoms with Crippen LogP contribution in [0, 0.1) is 0 Å². The summed E-state index contributed by atoms with van der Waals surface area (Å²) in [5.41, 5.74) is 0. The minimum absolute atomic E-state index is 1.10. The molecule has 0 bridgehead atoms. The van der Waals surface area contributed by atoms with E-state index in [9.17, 15) is 0 Å². The molecule has 0 atom stereocenters. The first-order chi connectivity index (χ1) is 14.3. The van der Waals surface area contributed by atoms with Gasteiger partial charge in [0.25, 0.3) is 0 Å². The maximum atomic E-state index is 6.22. The predicted octanol–water partition coefficient (Wildman–Crippen LogP) is 10.7. The Morgan fingerprint density at radius 3 is 1.00 bits per heavy atom. The maximum absolute atomic E-state index is 6.22. The van der Waals surface area contributed by atoms with E-state index in [-0.39, 0.29) is 0 Å². The highest BCUT2D eigenvalue weighted by atomic mass is 16.5. The molecule has 0 unspecified atom stereocenters. The maximum Gasteiger partial charge on any atom is 0.0993 e. The van der Waals surface area contributed by atoms with Crippen molar-refractivity contribution >= 4 is 0 Å². The fourth-order valence-electron chi connectivity index (χ4n) is 3.90. The molecule has 0 aromatic heterocycles. The van der Waals surface area contributed by atoms with Crippen LogP contribution in [0.15, 0.2) is 23.7 Å². The molecule has 1 nitrogen and oxygen atoms in total. The van der Waals surface area contributed by atoms with E-state index in [0.717, 1.165) is 12.8 Å². The first-order valence-corrected chi connectivity index (χ1v) is 13.3. The Bertz CT molecular complexity index is 344. The van der Waals surface area contributed by atoms with Crippen molar-refractivity contribution in [3.8, 4) is 0 Å². The number of rotatable bonds is 22. The molecule has 0 fully saturated rings. The average molecular weight is 407 g/mol. The van der Waals surface area contributed by atoms with Crippen molar-refractivity contribution in [2.45, 2.75) is 156 Å². The van der Waals surface area contributed by atoms with E-state index in [1.807, 2.05) is 0 Å². The molecule has 0 aliphatic heterocycles. The third-order valence-electron chi connectivity index (χ3n) is 5.96. The summed E-state index contributed by atoms with van der Waals surface area (Å²) in [7, 11) is 0. The molecule has 0 radical (unpaired) electrons. The fourth-order valence-corrected chi connectivity index (χ4v) is 3.90. The quantitative estimate of drug-likeness (QED) is 0.128. The summed E-state index contributed by atoms with van der Waals surface area (Å²) in [6, 6.07) is 0. The third-order valence-corrected chi connectivity index (χ3v) is 5.96. The van der Waals surface area contributed by atoms with E-state index < -0.39 is 0 Å². The van der Waals surface area contributed by atoms with Crippen LogP contribution in [0.4, 0.5) is 0 Å². The van der Waals surface area contributed by atoms with E-state index in [1.165, 1.54) is 127 Å². The van der Waals surface area contributed by atoms with Crippen molar-refractivity contribution in [1.82, 2.24) is 0 Å². The fraction of sp³-hybridized carbons (Fsp3) is 0.857. The minimum atomic E-state index is 1.10. The Labute approximate surface area is 184 Å². The van der Waals surface area contributed by atoms with Crippen molar-refractivity contribution in [1.29, 1.82) is 0 Å². The van der Waals surface area contributed by atoms with Crippen LogP contribution in [0.1, 0.15) is 156 Å². The first-order valence-electron chi connectivity index (χ1n) is 13.3. The molecule has 0 N–H and O–H groups in total. The summed E-state index contributed by atoms with van der Waals surface area (Å²) in [6.07, 6.45) is 31.4. The van der Waals surface area contributed by atoms with Crippen molar-refractivity contribution in [3.05, 3.63) is 23.7 Å². The second-order valence-corrected chi connectivity index (χ2v) is 8.77. The van der Waals surface area contributed by atoms with Gasteiger partial charge < -0.3 is 4.74 Å². The molecule has 0 aromatic carbocycles. The Balaban J connectivity index is 3.68. The lowest BCUT2D eigenvalue weighted by Gasteiger charge is -2.13. The molecule has 0 heterocycles. The zero-order valence-electron chi connectivity index (χ0n) is 20.7. The van der Waals surface area contributed by atoms with Crippen LogP contribution < -0.4 is 0 Å². The van der Waals surface area contributed by atoms with Crippen LogP contribution >= 0.6 is 0 Å². The summed E-state index contributed by atoms with van der Waals surface area (Å²) in [5.74, 6) is 2.36. The van der Waals surface area contributed by atoms with Gasteiger partial charge in [0, 0.05) is 12.8 Å². The van der Waals surface area contributed by atoms with E-state index in [2.05, 4.69) is 39.8 Å². The molecule has 0 saturated carbocycles. The van der Waals surface area contributed by atoms with Crippen LogP contribution in [0.25, 0.3) is 0 Å². The highest BCUT2D eigenvalue weighted by molar-refractivity contribution is 5.00. The zero-order valence-corrected chi connectivity index (χ0v) is 20.7. The van der Waals surface area contributed by atoms with E-state index in [0.29, 0.717) is 0 Å². The number of unbranched alkanes of at least 4 members (excludes halogenated alkanes) is 16. The molecule has 0 aliphatic rings. The number of hydrogen-bond acceptors (Lipinski definition) is 1. The smallest absolute Gasteiger partial charge is 0.0993 e. The molecular weight excluding hydrogens is 352 g/mol. The van der Waals surface area contributed by atoms with Crippen molar-refractivity contribution < 1.29 is 4.74 Å². The van der Waals surface area contributed by atoms with Gasteiger partial charge in [-0.25, -0.2) is 0 Å². The lowest BCUT2D eigenvalue weighted by atomic mass is 10.1. The van der Waals surface area contributed by atoms with Crippen LogP contribution in [-0.2, 0) is 4.74 Å². The second kappa shape index (κ2) is 23.6. The largest absolute Gasteiger partial charge is 0.467 e. The van der Waals surface area contributed by atoms with Crippen LogP contribution in [0.3, 0.4) is 0 Å². The molecule has 0 spiro atoms. The van der Waals surface area contributed by atoms with Crippen LogP contribution in [-0.4, -0.2) is 0 Å². The predicted molar refractivity (Wildman–Crippen MR) is 132 cm³/mol. The Hall–Kier alpha value is -0.720. The third kappa shape index (κ3) is 20.3. The van der Waals surface area contributed by atoms with Gasteiger partial charge in [-0.1, -0.05) is 117 Å². The monoisotopic (exact) mass is 406 g/mol. The van der Waals surface area contributed by atoms with E-state index in [4.69, 9.17) is 4.74 Å². The molecule has 29 heavy (non-hydrogen) atoms. The second-order valence-electron chi connectivity index (χ2n) is 8.77. The molecule has 0 aliphatic carbocycles. The zero-order chi connectivity index (χ0) is 21.4. The summed E-state index contributed by atoms with van der Waals surface area (Å²) >= 11 is 0. The molecule has 0 aromatic rings. The normalized spacial score (nSPS) is 12.6. The van der Waals surface area contributed by atoms with Gasteiger partial charge in [0.2, 0.25) is 0 Å². The summed E-state index contributed by atoms with van der Waals surface area (Å²) in [6.45, 7) is 8.82. The van der Waals surface area contributed by atoms with Gasteiger partial charge in [-0.3, -0.25) is 0 Å². The molecule has 0 saturated heterocycles. The highest BCUT2D eigenvalue weighted by Crippen LogP contribution is 2.20. The number of hydrogen-bond donors (Lipinski definition) is 0. The summed E-state index contributed by atoms with van der Waals surface area (Å²) < 4.78 is 6.22. The minimum Gasteiger partial charge on any atom is -0.467 e. The molecule has 0 rings (SSSR count). The Kier molecular flexibility index (Phi) is 23.0. The SMILES string of the molecule is CC=C(CCCCCCCCCCC)OC(=CC)CCCCCCCCCCC. The van der Waals surface area contributed by atoms with Crippen LogP contribution in [0.5, 0.6) is 0 Å². The first kappa shape index (κ1) is 28.3. The average Bonchev–Trinajstić information content (AvgIpc) is 2.74. The van der Waals surface area contributed by atoms with Gasteiger partial charge in [-0.2, -0.15) is 0 Å². The Morgan fingerprint density at radius 2 is 0.724 bits per heavy atom. The van der Waals surface area contributed by atoms with Crippen LogP contribution in [0.2, 0.25) is 0 Å². The topological polar surface area (TPSA) is 9.23 Å². The highest BCUT2D eigenvalue weighted by Gasteiger charge is 2.04. The van der Waals surface area contributed by atoms with Gasteiger partial charge in [-0.15, -0.1) is 0 Å². The summed E-state index contributed by atoms with van der Waals surface area (Å²) in [4.78, 5) is 0.